The van der Waals surface area contributed by atoms with Crippen molar-refractivity contribution < 1.29 is 14.7 Å². The SMILES string of the molecule is CC(=O)C(C(C)=O)[C@H]1C=C[C@@H](CO)C1. The molecular weight excluding hydrogens is 180 g/mol. The van der Waals surface area contributed by atoms with Crippen LogP contribution in [-0.2, 0) is 9.59 Å². The van der Waals surface area contributed by atoms with Crippen molar-refractivity contribution in [2.24, 2.45) is 17.8 Å². The Kier molecular flexibility index (Phi) is 3.58. The van der Waals surface area contributed by atoms with Gasteiger partial charge in [0, 0.05) is 12.5 Å². The summed E-state index contributed by atoms with van der Waals surface area (Å²) in [5.74, 6) is -0.567. The van der Waals surface area contributed by atoms with Crippen LogP contribution in [0.3, 0.4) is 0 Å². The van der Waals surface area contributed by atoms with Crippen molar-refractivity contribution in [3.8, 4) is 0 Å². The Morgan fingerprint density at radius 2 is 1.93 bits per heavy atom. The molecule has 0 radical (unpaired) electrons. The van der Waals surface area contributed by atoms with Crippen molar-refractivity contribution in [3.63, 3.8) is 0 Å². The van der Waals surface area contributed by atoms with Gasteiger partial charge in [0.1, 0.15) is 11.6 Å². The molecule has 0 saturated carbocycles. The molecule has 0 aromatic rings. The summed E-state index contributed by atoms with van der Waals surface area (Å²) in [7, 11) is 0. The van der Waals surface area contributed by atoms with Crippen molar-refractivity contribution in [1.29, 1.82) is 0 Å². The van der Waals surface area contributed by atoms with E-state index in [1.807, 2.05) is 12.2 Å². The van der Waals surface area contributed by atoms with E-state index in [1.165, 1.54) is 13.8 Å². The average Bonchev–Trinajstić information content (AvgIpc) is 2.51. The smallest absolute Gasteiger partial charge is 0.140 e. The van der Waals surface area contributed by atoms with Crippen molar-refractivity contribution in [2.75, 3.05) is 6.61 Å². The monoisotopic (exact) mass is 196 g/mol. The fourth-order valence-corrected chi connectivity index (χ4v) is 2.08. The van der Waals surface area contributed by atoms with Gasteiger partial charge in [0.25, 0.3) is 0 Å². The Morgan fingerprint density at radius 1 is 1.36 bits per heavy atom. The zero-order chi connectivity index (χ0) is 10.7. The van der Waals surface area contributed by atoms with E-state index in [9.17, 15) is 9.59 Å². The topological polar surface area (TPSA) is 54.4 Å². The lowest BCUT2D eigenvalue weighted by atomic mass is 9.84. The molecule has 78 valence electrons. The first kappa shape index (κ1) is 11.1. The van der Waals surface area contributed by atoms with Crippen molar-refractivity contribution >= 4 is 11.6 Å². The Hall–Kier alpha value is -0.960. The van der Waals surface area contributed by atoms with Gasteiger partial charge in [-0.2, -0.15) is 0 Å². The lowest BCUT2D eigenvalue weighted by Gasteiger charge is -2.17. The lowest BCUT2D eigenvalue weighted by Crippen LogP contribution is -2.27. The van der Waals surface area contributed by atoms with Gasteiger partial charge in [-0.1, -0.05) is 12.2 Å². The molecule has 0 bridgehead atoms. The van der Waals surface area contributed by atoms with Gasteiger partial charge >= 0.3 is 0 Å². The second-order valence-electron chi connectivity index (χ2n) is 3.93. The summed E-state index contributed by atoms with van der Waals surface area (Å²) in [6.07, 6.45) is 4.48. The van der Waals surface area contributed by atoms with Crippen LogP contribution in [0.15, 0.2) is 12.2 Å². The molecule has 0 saturated heterocycles. The maximum Gasteiger partial charge on any atom is 0.140 e. The zero-order valence-corrected chi connectivity index (χ0v) is 8.56. The molecule has 0 aliphatic heterocycles. The zero-order valence-electron chi connectivity index (χ0n) is 8.56. The summed E-state index contributed by atoms with van der Waals surface area (Å²) in [6.45, 7) is 2.99. The minimum atomic E-state index is -0.511. The molecular formula is C11H16O3. The predicted molar refractivity (Wildman–Crippen MR) is 52.7 cm³/mol. The lowest BCUT2D eigenvalue weighted by molar-refractivity contribution is -0.132. The van der Waals surface area contributed by atoms with Gasteiger partial charge < -0.3 is 5.11 Å². The normalized spacial score (nSPS) is 25.7. The average molecular weight is 196 g/mol. The third-order valence-corrected chi connectivity index (χ3v) is 2.74. The molecule has 0 aromatic heterocycles. The second kappa shape index (κ2) is 4.51. The van der Waals surface area contributed by atoms with Crippen molar-refractivity contribution in [2.45, 2.75) is 20.3 Å². The molecule has 1 rings (SSSR count). The van der Waals surface area contributed by atoms with Crippen LogP contribution in [-0.4, -0.2) is 23.3 Å². The second-order valence-corrected chi connectivity index (χ2v) is 3.93. The van der Waals surface area contributed by atoms with Crippen LogP contribution >= 0.6 is 0 Å². The molecule has 2 atom stereocenters. The summed E-state index contributed by atoms with van der Waals surface area (Å²) >= 11 is 0. The molecule has 0 aromatic carbocycles. The number of rotatable bonds is 4. The van der Waals surface area contributed by atoms with Gasteiger partial charge in [0.2, 0.25) is 0 Å². The van der Waals surface area contributed by atoms with Gasteiger partial charge in [0.15, 0.2) is 0 Å². The highest BCUT2D eigenvalue weighted by Crippen LogP contribution is 2.30. The largest absolute Gasteiger partial charge is 0.396 e. The van der Waals surface area contributed by atoms with E-state index in [1.54, 1.807) is 0 Å². The van der Waals surface area contributed by atoms with Crippen LogP contribution in [0.25, 0.3) is 0 Å². The maximum absolute atomic E-state index is 11.3. The highest BCUT2D eigenvalue weighted by atomic mass is 16.3. The molecule has 14 heavy (non-hydrogen) atoms. The highest BCUT2D eigenvalue weighted by Gasteiger charge is 2.32. The van der Waals surface area contributed by atoms with Gasteiger partial charge in [0.05, 0.1) is 5.92 Å². The number of hydrogen-bond acceptors (Lipinski definition) is 3. The van der Waals surface area contributed by atoms with E-state index >= 15 is 0 Å². The molecule has 0 heterocycles. The Labute approximate surface area is 83.8 Å². The maximum atomic E-state index is 11.3. The van der Waals surface area contributed by atoms with E-state index < -0.39 is 5.92 Å². The minimum Gasteiger partial charge on any atom is -0.396 e. The van der Waals surface area contributed by atoms with Crippen molar-refractivity contribution in [3.05, 3.63) is 12.2 Å². The molecule has 1 aliphatic carbocycles. The van der Waals surface area contributed by atoms with Gasteiger partial charge in [-0.05, 0) is 26.2 Å². The van der Waals surface area contributed by atoms with E-state index in [0.29, 0.717) is 6.42 Å². The van der Waals surface area contributed by atoms with Crippen LogP contribution in [0, 0.1) is 17.8 Å². The number of allylic oxidation sites excluding steroid dienone is 1. The van der Waals surface area contributed by atoms with Crippen LogP contribution in [0.4, 0.5) is 0 Å². The van der Waals surface area contributed by atoms with Crippen LogP contribution < -0.4 is 0 Å². The van der Waals surface area contributed by atoms with Crippen molar-refractivity contribution in [1.82, 2.24) is 0 Å². The van der Waals surface area contributed by atoms with Gasteiger partial charge in [-0.15, -0.1) is 0 Å². The van der Waals surface area contributed by atoms with E-state index in [-0.39, 0.29) is 30.0 Å². The van der Waals surface area contributed by atoms with Gasteiger partial charge in [-0.25, -0.2) is 0 Å². The number of carbonyl (C=O) groups excluding carboxylic acids is 2. The van der Waals surface area contributed by atoms with Crippen LogP contribution in [0.1, 0.15) is 20.3 Å². The molecule has 1 N–H and O–H groups in total. The summed E-state index contributed by atoms with van der Waals surface area (Å²) in [6, 6.07) is 0. The molecule has 0 fully saturated rings. The molecule has 0 spiro atoms. The Morgan fingerprint density at radius 3 is 2.29 bits per heavy atom. The highest BCUT2D eigenvalue weighted by molar-refractivity contribution is 6.00. The number of hydrogen-bond donors (Lipinski definition) is 1. The number of Topliss-reactive ketones (excluding diaryl/α,β-unsaturated/α-hetero) is 2. The molecule has 3 heteroatoms. The Bertz CT molecular complexity index is 254. The van der Waals surface area contributed by atoms with Gasteiger partial charge in [-0.3, -0.25) is 9.59 Å². The van der Waals surface area contributed by atoms with E-state index in [4.69, 9.17) is 5.11 Å². The first-order valence-electron chi connectivity index (χ1n) is 4.86. The third kappa shape index (κ3) is 2.29. The number of ketones is 2. The van der Waals surface area contributed by atoms with E-state index in [2.05, 4.69) is 0 Å². The summed E-state index contributed by atoms with van der Waals surface area (Å²) < 4.78 is 0. The standard InChI is InChI=1S/C11H16O3/c1-7(13)11(8(2)14)10-4-3-9(5-10)6-12/h3-4,9-12H,5-6H2,1-2H3/t9-,10+/m1/s1. The van der Waals surface area contributed by atoms with Crippen LogP contribution in [0.5, 0.6) is 0 Å². The first-order chi connectivity index (χ1) is 6.56. The number of aliphatic hydroxyl groups is 1. The molecule has 0 amide bonds. The fourth-order valence-electron chi connectivity index (χ4n) is 2.08. The third-order valence-electron chi connectivity index (χ3n) is 2.74. The Balaban J connectivity index is 2.69. The number of aliphatic hydroxyl groups excluding tert-OH is 1. The van der Waals surface area contributed by atoms with E-state index in [0.717, 1.165) is 0 Å². The van der Waals surface area contributed by atoms with Crippen LogP contribution in [0.2, 0.25) is 0 Å². The molecule has 1 aliphatic rings. The minimum absolute atomic E-state index is 0.0119. The number of carbonyl (C=O) groups is 2. The fraction of sp³-hybridized carbons (Fsp3) is 0.636. The predicted octanol–water partition coefficient (Wildman–Crippen LogP) is 0.965. The summed E-state index contributed by atoms with van der Waals surface area (Å²) in [5.41, 5.74) is 0. The summed E-state index contributed by atoms with van der Waals surface area (Å²) in [4.78, 5) is 22.5. The summed E-state index contributed by atoms with van der Waals surface area (Å²) in [5, 5.41) is 8.92. The first-order valence-corrected chi connectivity index (χ1v) is 4.86. The molecule has 0 unspecified atom stereocenters. The molecule has 3 nitrogen and oxygen atoms in total. The quantitative estimate of drug-likeness (QED) is 0.538.